The van der Waals surface area contributed by atoms with Crippen molar-refractivity contribution in [3.8, 4) is 0 Å². The molecule has 15 heavy (non-hydrogen) atoms. The first-order valence-corrected chi connectivity index (χ1v) is 7.39. The minimum Gasteiger partial charge on any atom is -0.322 e. The van der Waals surface area contributed by atoms with Crippen LogP contribution in [0.2, 0.25) is 0 Å². The van der Waals surface area contributed by atoms with Gasteiger partial charge >= 0.3 is 0 Å². The van der Waals surface area contributed by atoms with Gasteiger partial charge in [0.2, 0.25) is 0 Å². The van der Waals surface area contributed by atoms with E-state index >= 15 is 0 Å². The van der Waals surface area contributed by atoms with Crippen molar-refractivity contribution in [3.63, 3.8) is 0 Å². The van der Waals surface area contributed by atoms with E-state index in [1.165, 1.54) is 6.26 Å². The van der Waals surface area contributed by atoms with E-state index in [4.69, 9.17) is 5.73 Å². The Morgan fingerprint density at radius 3 is 2.40 bits per heavy atom. The average molecular weight is 235 g/mol. The molecular weight excluding hydrogens is 214 g/mol. The minimum absolute atomic E-state index is 0.0212. The number of sulfone groups is 1. The average Bonchev–Trinajstić information content (AvgIpc) is 2.11. The lowest BCUT2D eigenvalue weighted by atomic mass is 10.0. The van der Waals surface area contributed by atoms with Gasteiger partial charge in [0.25, 0.3) is 0 Å². The van der Waals surface area contributed by atoms with E-state index in [0.717, 1.165) is 12.8 Å². The molecule has 5 heteroatoms. The lowest BCUT2D eigenvalue weighted by Crippen LogP contribution is -2.30. The van der Waals surface area contributed by atoms with Gasteiger partial charge in [-0.3, -0.25) is 4.79 Å². The van der Waals surface area contributed by atoms with E-state index in [0.29, 0.717) is 12.8 Å². The second-order valence-electron chi connectivity index (χ2n) is 3.95. The van der Waals surface area contributed by atoms with Crippen LogP contribution in [0.25, 0.3) is 0 Å². The molecule has 0 fully saturated rings. The van der Waals surface area contributed by atoms with Gasteiger partial charge < -0.3 is 5.73 Å². The molecule has 0 spiro atoms. The molecule has 0 amide bonds. The highest BCUT2D eigenvalue weighted by molar-refractivity contribution is 7.90. The predicted molar refractivity (Wildman–Crippen MR) is 61.5 cm³/mol. The first-order chi connectivity index (χ1) is 6.87. The quantitative estimate of drug-likeness (QED) is 0.678. The SMILES string of the molecule is CCCCC(N)C(=O)CCCS(C)(=O)=O. The summed E-state index contributed by atoms with van der Waals surface area (Å²) in [6.45, 7) is 2.04. The van der Waals surface area contributed by atoms with E-state index in [2.05, 4.69) is 0 Å². The molecule has 0 aliphatic carbocycles. The summed E-state index contributed by atoms with van der Waals surface area (Å²) >= 11 is 0. The molecule has 2 N–H and O–H groups in total. The lowest BCUT2D eigenvalue weighted by molar-refractivity contribution is -0.120. The second-order valence-corrected chi connectivity index (χ2v) is 6.21. The number of hydrogen-bond acceptors (Lipinski definition) is 4. The van der Waals surface area contributed by atoms with Crippen LogP contribution in [0.4, 0.5) is 0 Å². The van der Waals surface area contributed by atoms with Gasteiger partial charge in [0.1, 0.15) is 15.6 Å². The molecule has 0 saturated heterocycles. The molecule has 0 bridgehead atoms. The van der Waals surface area contributed by atoms with Crippen molar-refractivity contribution in [2.24, 2.45) is 5.73 Å². The van der Waals surface area contributed by atoms with Crippen LogP contribution in [0.1, 0.15) is 39.0 Å². The monoisotopic (exact) mass is 235 g/mol. The Morgan fingerprint density at radius 2 is 1.93 bits per heavy atom. The van der Waals surface area contributed by atoms with Gasteiger partial charge in [0, 0.05) is 12.7 Å². The maximum absolute atomic E-state index is 11.4. The summed E-state index contributed by atoms with van der Waals surface area (Å²) in [4.78, 5) is 11.4. The van der Waals surface area contributed by atoms with Crippen molar-refractivity contribution in [3.05, 3.63) is 0 Å². The third-order valence-electron chi connectivity index (χ3n) is 2.22. The number of carbonyl (C=O) groups excluding carboxylic acids is 1. The fourth-order valence-electron chi connectivity index (χ4n) is 1.28. The molecular formula is C10H21NO3S. The molecule has 0 rings (SSSR count). The van der Waals surface area contributed by atoms with Crippen molar-refractivity contribution < 1.29 is 13.2 Å². The van der Waals surface area contributed by atoms with E-state index < -0.39 is 15.9 Å². The number of Topliss-reactive ketones (excluding diaryl/α,β-unsaturated/α-hetero) is 1. The fraction of sp³-hybridized carbons (Fsp3) is 0.900. The zero-order valence-electron chi connectivity index (χ0n) is 9.53. The highest BCUT2D eigenvalue weighted by atomic mass is 32.2. The molecule has 0 aromatic carbocycles. The largest absolute Gasteiger partial charge is 0.322 e. The van der Waals surface area contributed by atoms with Crippen molar-refractivity contribution in [1.82, 2.24) is 0 Å². The number of carbonyl (C=O) groups is 1. The lowest BCUT2D eigenvalue weighted by Gasteiger charge is -2.09. The molecule has 90 valence electrons. The van der Waals surface area contributed by atoms with Gasteiger partial charge in [-0.05, 0) is 12.8 Å². The zero-order valence-corrected chi connectivity index (χ0v) is 10.3. The minimum atomic E-state index is -2.96. The van der Waals surface area contributed by atoms with Crippen LogP contribution in [-0.2, 0) is 14.6 Å². The Kier molecular flexibility index (Phi) is 6.76. The number of rotatable bonds is 8. The highest BCUT2D eigenvalue weighted by Crippen LogP contribution is 2.04. The molecule has 0 heterocycles. The maximum atomic E-state index is 11.4. The standard InChI is InChI=1S/C10H21NO3S/c1-3-4-6-9(11)10(12)7-5-8-15(2,13)14/h9H,3-8,11H2,1-2H3. The smallest absolute Gasteiger partial charge is 0.149 e. The molecule has 0 aliphatic rings. The van der Waals surface area contributed by atoms with Gasteiger partial charge in [-0.25, -0.2) is 8.42 Å². The van der Waals surface area contributed by atoms with Crippen molar-refractivity contribution in [2.45, 2.75) is 45.1 Å². The summed E-state index contributed by atoms with van der Waals surface area (Å²) in [5, 5.41) is 0. The van der Waals surface area contributed by atoms with Crippen LogP contribution < -0.4 is 5.73 Å². The van der Waals surface area contributed by atoms with Crippen molar-refractivity contribution in [1.29, 1.82) is 0 Å². The Hall–Kier alpha value is -0.420. The van der Waals surface area contributed by atoms with E-state index in [-0.39, 0.29) is 18.0 Å². The van der Waals surface area contributed by atoms with E-state index in [1.54, 1.807) is 0 Å². The molecule has 1 unspecified atom stereocenters. The van der Waals surface area contributed by atoms with Crippen LogP contribution in [-0.4, -0.2) is 32.3 Å². The first-order valence-electron chi connectivity index (χ1n) is 5.33. The highest BCUT2D eigenvalue weighted by Gasteiger charge is 2.13. The molecule has 0 radical (unpaired) electrons. The third kappa shape index (κ3) is 8.57. The zero-order chi connectivity index (χ0) is 11.9. The van der Waals surface area contributed by atoms with Gasteiger partial charge in [0.05, 0.1) is 11.8 Å². The predicted octanol–water partition coefficient (Wildman–Crippen LogP) is 0.898. The summed E-state index contributed by atoms with van der Waals surface area (Å²) in [6, 6.07) is -0.412. The van der Waals surface area contributed by atoms with Gasteiger partial charge in [0.15, 0.2) is 0 Å². The second kappa shape index (κ2) is 6.95. The topological polar surface area (TPSA) is 77.2 Å². The molecule has 0 aliphatic heterocycles. The normalized spacial score (nSPS) is 13.8. The third-order valence-corrected chi connectivity index (χ3v) is 3.25. The van der Waals surface area contributed by atoms with Crippen LogP contribution >= 0.6 is 0 Å². The number of unbranched alkanes of at least 4 members (excludes halogenated alkanes) is 1. The van der Waals surface area contributed by atoms with Crippen molar-refractivity contribution in [2.75, 3.05) is 12.0 Å². The van der Waals surface area contributed by atoms with E-state index in [1.807, 2.05) is 6.92 Å². The van der Waals surface area contributed by atoms with Crippen LogP contribution in [0.3, 0.4) is 0 Å². The van der Waals surface area contributed by atoms with Gasteiger partial charge in [-0.15, -0.1) is 0 Å². The van der Waals surface area contributed by atoms with Crippen LogP contribution in [0.5, 0.6) is 0 Å². The van der Waals surface area contributed by atoms with Crippen LogP contribution in [0.15, 0.2) is 0 Å². The number of nitrogens with two attached hydrogens (primary N) is 1. The molecule has 4 nitrogen and oxygen atoms in total. The van der Waals surface area contributed by atoms with Gasteiger partial charge in [-0.1, -0.05) is 19.8 Å². The summed E-state index contributed by atoms with van der Waals surface area (Å²) in [5.41, 5.74) is 5.65. The molecule has 0 aromatic rings. The van der Waals surface area contributed by atoms with Crippen LogP contribution in [0, 0.1) is 0 Å². The Morgan fingerprint density at radius 1 is 1.33 bits per heavy atom. The summed E-state index contributed by atoms with van der Waals surface area (Å²) in [7, 11) is -2.96. The first kappa shape index (κ1) is 14.6. The summed E-state index contributed by atoms with van der Waals surface area (Å²) in [6.07, 6.45) is 4.50. The Labute approximate surface area is 92.2 Å². The van der Waals surface area contributed by atoms with Crippen molar-refractivity contribution >= 4 is 15.6 Å². The fourth-order valence-corrected chi connectivity index (χ4v) is 1.95. The molecule has 0 aromatic heterocycles. The van der Waals surface area contributed by atoms with E-state index in [9.17, 15) is 13.2 Å². The Balaban J connectivity index is 3.74. The number of ketones is 1. The molecule has 0 saturated carbocycles. The summed E-state index contributed by atoms with van der Waals surface area (Å²) < 4.78 is 21.6. The summed E-state index contributed by atoms with van der Waals surface area (Å²) in [5.74, 6) is 0.0475. The number of hydrogen-bond donors (Lipinski definition) is 1. The Bertz CT molecular complexity index is 285. The maximum Gasteiger partial charge on any atom is 0.149 e. The molecule has 1 atom stereocenters. The van der Waals surface area contributed by atoms with Gasteiger partial charge in [-0.2, -0.15) is 0 Å².